The Morgan fingerprint density at radius 3 is 2.44 bits per heavy atom. The zero-order valence-corrected chi connectivity index (χ0v) is 16.9. The molecular formula is C20H27N5OS. The number of para-hydroxylation sites is 1. The van der Waals surface area contributed by atoms with E-state index in [0.29, 0.717) is 5.88 Å². The first-order chi connectivity index (χ1) is 13.2. The number of hydrogen-bond donors (Lipinski definition) is 3. The Hall–Kier alpha value is -2.35. The van der Waals surface area contributed by atoms with Crippen LogP contribution in [-0.4, -0.2) is 49.2 Å². The van der Waals surface area contributed by atoms with Crippen molar-refractivity contribution in [2.75, 3.05) is 39.6 Å². The molecule has 0 aliphatic rings. The number of anilines is 2. The summed E-state index contributed by atoms with van der Waals surface area (Å²) in [7, 11) is 5.73. The second kappa shape index (κ2) is 11.4. The molecule has 0 fully saturated rings. The largest absolute Gasteiger partial charge is 0.479 e. The van der Waals surface area contributed by atoms with Gasteiger partial charge in [0.05, 0.1) is 7.11 Å². The molecule has 0 radical (unpaired) electrons. The van der Waals surface area contributed by atoms with E-state index in [0.717, 1.165) is 41.8 Å². The maximum atomic E-state index is 5.23. The molecule has 0 saturated heterocycles. The van der Waals surface area contributed by atoms with E-state index in [1.54, 1.807) is 19.5 Å². The van der Waals surface area contributed by atoms with Crippen molar-refractivity contribution in [3.63, 3.8) is 0 Å². The van der Waals surface area contributed by atoms with E-state index in [2.05, 4.69) is 51.8 Å². The molecule has 0 unspecified atom stereocenters. The third-order valence-electron chi connectivity index (χ3n) is 3.77. The van der Waals surface area contributed by atoms with Crippen molar-refractivity contribution in [1.29, 1.82) is 0 Å². The lowest BCUT2D eigenvalue weighted by Gasteiger charge is -2.10. The van der Waals surface area contributed by atoms with Gasteiger partial charge in [-0.1, -0.05) is 31.0 Å². The monoisotopic (exact) mass is 385 g/mol. The van der Waals surface area contributed by atoms with Gasteiger partial charge in [-0.2, -0.15) is 0 Å². The summed E-state index contributed by atoms with van der Waals surface area (Å²) >= 11 is 3.85. The van der Waals surface area contributed by atoms with Crippen molar-refractivity contribution < 1.29 is 4.74 Å². The zero-order chi connectivity index (χ0) is 19.5. The van der Waals surface area contributed by atoms with Crippen molar-refractivity contribution >= 4 is 35.1 Å². The van der Waals surface area contributed by atoms with Gasteiger partial charge in [-0.15, -0.1) is 0 Å². The van der Waals surface area contributed by atoms with Crippen LogP contribution < -0.4 is 14.8 Å². The number of nitrogens with zero attached hydrogens (tertiary/aromatic N) is 3. The van der Waals surface area contributed by atoms with Crippen LogP contribution in [0.4, 0.5) is 11.4 Å². The second-order valence-electron chi connectivity index (χ2n) is 6.13. The van der Waals surface area contributed by atoms with Crippen LogP contribution in [-0.2, 0) is 0 Å². The fourth-order valence-electron chi connectivity index (χ4n) is 2.46. The predicted octanol–water partition coefficient (Wildman–Crippen LogP) is 3.75. The van der Waals surface area contributed by atoms with Gasteiger partial charge in [-0.05, 0) is 51.3 Å². The Bertz CT molecular complexity index is 814. The topological polar surface area (TPSA) is 62.3 Å². The molecule has 0 bridgehead atoms. The number of rotatable bonds is 7. The van der Waals surface area contributed by atoms with E-state index in [9.17, 15) is 0 Å². The molecule has 2 heterocycles. The molecule has 7 heteroatoms. The quantitative estimate of drug-likeness (QED) is 0.425. The fraction of sp³-hybridized carbons (Fsp3) is 0.300. The molecular weight excluding hydrogens is 358 g/mol. The number of hydrogen-bond acceptors (Lipinski definition) is 7. The van der Waals surface area contributed by atoms with Crippen molar-refractivity contribution in [3.8, 4) is 5.88 Å². The molecule has 2 aromatic heterocycles. The van der Waals surface area contributed by atoms with Crippen LogP contribution in [0.2, 0.25) is 0 Å². The first-order valence-corrected chi connectivity index (χ1v) is 9.22. The summed E-state index contributed by atoms with van der Waals surface area (Å²) in [4.78, 5) is 10.6. The number of fused-ring (bicyclic) bond motifs is 1. The SMILES string of the molecule is CN(C)CCCNS.COc1nccc2c(Nc3ccccc3)ccnc12. The summed E-state index contributed by atoms with van der Waals surface area (Å²) in [6.45, 7) is 2.12. The number of nitrogens with one attached hydrogen (secondary N) is 2. The summed E-state index contributed by atoms with van der Waals surface area (Å²) in [5, 5.41) is 4.36. The standard InChI is InChI=1S/C15H13N3O.C5H14N2S/c1-19-15-14-12(7-9-17-15)13(8-10-16-14)18-11-5-3-2-4-6-11;1-7(2)5-3-4-6-8/h2-10H,1H3,(H,16,18);6,8H,3-5H2,1-2H3. The number of aromatic nitrogens is 2. The van der Waals surface area contributed by atoms with Gasteiger partial charge in [0.25, 0.3) is 0 Å². The van der Waals surface area contributed by atoms with Crippen LogP contribution in [0.15, 0.2) is 54.9 Å². The van der Waals surface area contributed by atoms with Gasteiger partial charge in [-0.25, -0.2) is 4.98 Å². The van der Waals surface area contributed by atoms with E-state index in [1.165, 1.54) is 0 Å². The molecule has 0 spiro atoms. The predicted molar refractivity (Wildman–Crippen MR) is 116 cm³/mol. The van der Waals surface area contributed by atoms with E-state index >= 15 is 0 Å². The van der Waals surface area contributed by atoms with E-state index in [4.69, 9.17) is 4.74 Å². The molecule has 6 nitrogen and oxygen atoms in total. The van der Waals surface area contributed by atoms with Crippen LogP contribution in [0.3, 0.4) is 0 Å². The molecule has 144 valence electrons. The van der Waals surface area contributed by atoms with Crippen molar-refractivity contribution in [3.05, 3.63) is 54.9 Å². The normalized spacial score (nSPS) is 10.4. The zero-order valence-electron chi connectivity index (χ0n) is 16.0. The minimum atomic E-state index is 0.536. The average Bonchev–Trinajstić information content (AvgIpc) is 2.69. The third kappa shape index (κ3) is 6.71. The van der Waals surface area contributed by atoms with E-state index in [1.807, 2.05) is 42.5 Å². The van der Waals surface area contributed by atoms with Crippen LogP contribution in [0.5, 0.6) is 5.88 Å². The van der Waals surface area contributed by atoms with Gasteiger partial charge in [0, 0.05) is 35.7 Å². The Morgan fingerprint density at radius 1 is 1.04 bits per heavy atom. The fourth-order valence-corrected chi connectivity index (χ4v) is 2.62. The van der Waals surface area contributed by atoms with Gasteiger partial charge in [0.1, 0.15) is 5.52 Å². The molecule has 3 aromatic rings. The Balaban J connectivity index is 0.000000279. The number of methoxy groups -OCH3 is 1. The lowest BCUT2D eigenvalue weighted by molar-refractivity contribution is 0.401. The smallest absolute Gasteiger partial charge is 0.240 e. The van der Waals surface area contributed by atoms with E-state index in [-0.39, 0.29) is 0 Å². The molecule has 0 amide bonds. The van der Waals surface area contributed by atoms with Gasteiger partial charge in [-0.3, -0.25) is 9.71 Å². The molecule has 3 rings (SSSR count). The summed E-state index contributed by atoms with van der Waals surface area (Å²) in [5.74, 6) is 0.536. The Kier molecular flexibility index (Phi) is 8.83. The number of thiol groups is 1. The van der Waals surface area contributed by atoms with Crippen LogP contribution >= 0.6 is 12.8 Å². The third-order valence-corrected chi connectivity index (χ3v) is 3.99. The highest BCUT2D eigenvalue weighted by molar-refractivity contribution is 7.78. The van der Waals surface area contributed by atoms with Crippen molar-refractivity contribution in [2.45, 2.75) is 6.42 Å². The lowest BCUT2D eigenvalue weighted by Crippen LogP contribution is -2.16. The van der Waals surface area contributed by atoms with Crippen molar-refractivity contribution in [1.82, 2.24) is 19.6 Å². The van der Waals surface area contributed by atoms with E-state index < -0.39 is 0 Å². The highest BCUT2D eigenvalue weighted by Crippen LogP contribution is 2.28. The maximum absolute atomic E-state index is 5.23. The van der Waals surface area contributed by atoms with Gasteiger partial charge < -0.3 is 15.0 Å². The van der Waals surface area contributed by atoms with Crippen LogP contribution in [0.1, 0.15) is 6.42 Å². The number of ether oxygens (including phenoxy) is 1. The molecule has 0 aliphatic heterocycles. The summed E-state index contributed by atoms with van der Waals surface area (Å²) in [6, 6.07) is 13.9. The first-order valence-electron chi connectivity index (χ1n) is 8.77. The second-order valence-corrected chi connectivity index (χ2v) is 6.45. The summed E-state index contributed by atoms with van der Waals surface area (Å²) in [5.41, 5.74) is 2.77. The first kappa shape index (κ1) is 21.0. The molecule has 2 N–H and O–H groups in total. The molecule has 0 atom stereocenters. The molecule has 0 saturated carbocycles. The minimum Gasteiger partial charge on any atom is -0.479 e. The van der Waals surface area contributed by atoms with Gasteiger partial charge >= 0.3 is 0 Å². The molecule has 27 heavy (non-hydrogen) atoms. The summed E-state index contributed by atoms with van der Waals surface area (Å²) in [6.07, 6.45) is 4.63. The molecule has 0 aliphatic carbocycles. The van der Waals surface area contributed by atoms with Crippen LogP contribution in [0.25, 0.3) is 10.9 Å². The average molecular weight is 386 g/mol. The lowest BCUT2D eigenvalue weighted by atomic mass is 10.2. The Morgan fingerprint density at radius 2 is 1.78 bits per heavy atom. The highest BCUT2D eigenvalue weighted by Gasteiger charge is 2.07. The summed E-state index contributed by atoms with van der Waals surface area (Å²) < 4.78 is 8.02. The van der Waals surface area contributed by atoms with Gasteiger partial charge in [0.2, 0.25) is 5.88 Å². The highest BCUT2D eigenvalue weighted by atomic mass is 32.1. The number of benzene rings is 1. The Labute approximate surface area is 166 Å². The van der Waals surface area contributed by atoms with Crippen molar-refractivity contribution in [2.24, 2.45) is 0 Å². The van der Waals surface area contributed by atoms with Gasteiger partial charge in [0.15, 0.2) is 0 Å². The maximum Gasteiger partial charge on any atom is 0.240 e. The van der Waals surface area contributed by atoms with Crippen LogP contribution in [0, 0.1) is 0 Å². The minimum absolute atomic E-state index is 0.536. The molecule has 1 aromatic carbocycles. The number of pyridine rings is 2.